The first-order valence-corrected chi connectivity index (χ1v) is 7.70. The van der Waals surface area contributed by atoms with E-state index in [0.717, 1.165) is 22.0 Å². The van der Waals surface area contributed by atoms with Crippen molar-refractivity contribution in [1.29, 1.82) is 0 Å². The van der Waals surface area contributed by atoms with Gasteiger partial charge in [0, 0.05) is 24.0 Å². The van der Waals surface area contributed by atoms with Crippen molar-refractivity contribution in [1.82, 2.24) is 4.90 Å². The number of benzene rings is 1. The standard InChI is InChI=1S/C15H18BrNO4/c1-2-6-21-9-14(18)17-8-10-4-3-5-12(16)11(10)7-13(17)15(19)20/h3-5,13H,2,6-9H2,1H3,(H,19,20). The first-order valence-electron chi connectivity index (χ1n) is 6.90. The lowest BCUT2D eigenvalue weighted by Gasteiger charge is -2.34. The van der Waals surface area contributed by atoms with E-state index in [0.29, 0.717) is 19.6 Å². The highest BCUT2D eigenvalue weighted by atomic mass is 79.9. The van der Waals surface area contributed by atoms with Crippen LogP contribution in [0.25, 0.3) is 0 Å². The smallest absolute Gasteiger partial charge is 0.326 e. The second kappa shape index (κ2) is 7.04. The molecule has 1 unspecified atom stereocenters. The predicted molar refractivity (Wildman–Crippen MR) is 80.9 cm³/mol. The van der Waals surface area contributed by atoms with Crippen LogP contribution in [0, 0.1) is 0 Å². The maximum Gasteiger partial charge on any atom is 0.326 e. The maximum absolute atomic E-state index is 12.2. The lowest BCUT2D eigenvalue weighted by Crippen LogP contribution is -2.50. The number of carbonyl (C=O) groups excluding carboxylic acids is 1. The van der Waals surface area contributed by atoms with Crippen LogP contribution in [-0.2, 0) is 27.3 Å². The van der Waals surface area contributed by atoms with Gasteiger partial charge >= 0.3 is 5.97 Å². The van der Waals surface area contributed by atoms with Gasteiger partial charge in [-0.05, 0) is 23.6 Å². The topological polar surface area (TPSA) is 66.8 Å². The number of rotatable bonds is 5. The molecule has 0 aliphatic carbocycles. The lowest BCUT2D eigenvalue weighted by molar-refractivity contribution is -0.153. The Morgan fingerprint density at radius 2 is 2.24 bits per heavy atom. The molecule has 2 rings (SSSR count). The summed E-state index contributed by atoms with van der Waals surface area (Å²) in [4.78, 5) is 25.1. The third-order valence-corrected chi connectivity index (χ3v) is 4.25. The zero-order chi connectivity index (χ0) is 15.4. The van der Waals surface area contributed by atoms with Gasteiger partial charge in [-0.25, -0.2) is 4.79 Å². The fourth-order valence-electron chi connectivity index (χ4n) is 2.45. The molecule has 1 aliphatic rings. The number of carbonyl (C=O) groups is 2. The molecule has 0 aromatic heterocycles. The van der Waals surface area contributed by atoms with Crippen LogP contribution < -0.4 is 0 Å². The minimum absolute atomic E-state index is 0.0685. The minimum atomic E-state index is -0.986. The number of fused-ring (bicyclic) bond motifs is 1. The molecule has 1 heterocycles. The van der Waals surface area contributed by atoms with Crippen molar-refractivity contribution in [2.75, 3.05) is 13.2 Å². The number of nitrogens with zero attached hydrogens (tertiary/aromatic N) is 1. The van der Waals surface area contributed by atoms with Gasteiger partial charge in [0.1, 0.15) is 12.6 Å². The van der Waals surface area contributed by atoms with Crippen molar-refractivity contribution in [2.45, 2.75) is 32.4 Å². The SMILES string of the molecule is CCCOCC(=O)N1Cc2cccc(Br)c2CC1C(=O)O. The molecule has 21 heavy (non-hydrogen) atoms. The van der Waals surface area contributed by atoms with E-state index in [4.69, 9.17) is 4.74 Å². The summed E-state index contributed by atoms with van der Waals surface area (Å²) >= 11 is 3.45. The van der Waals surface area contributed by atoms with Gasteiger partial charge in [-0.3, -0.25) is 4.79 Å². The van der Waals surface area contributed by atoms with Crippen molar-refractivity contribution in [3.05, 3.63) is 33.8 Å². The van der Waals surface area contributed by atoms with Crippen LogP contribution in [0.3, 0.4) is 0 Å². The number of amides is 1. The average molecular weight is 356 g/mol. The van der Waals surface area contributed by atoms with Gasteiger partial charge in [0.15, 0.2) is 0 Å². The first-order chi connectivity index (χ1) is 10.0. The molecule has 0 saturated carbocycles. The second-order valence-electron chi connectivity index (χ2n) is 5.01. The van der Waals surface area contributed by atoms with E-state index in [2.05, 4.69) is 15.9 Å². The van der Waals surface area contributed by atoms with Crippen molar-refractivity contribution < 1.29 is 19.4 Å². The van der Waals surface area contributed by atoms with Crippen LogP contribution in [-0.4, -0.2) is 41.1 Å². The monoisotopic (exact) mass is 355 g/mol. The van der Waals surface area contributed by atoms with Crippen molar-refractivity contribution >= 4 is 27.8 Å². The summed E-state index contributed by atoms with van der Waals surface area (Å²) in [6.45, 7) is 2.69. The largest absolute Gasteiger partial charge is 0.480 e. The van der Waals surface area contributed by atoms with Gasteiger partial charge in [0.25, 0.3) is 0 Å². The van der Waals surface area contributed by atoms with Crippen molar-refractivity contribution in [3.8, 4) is 0 Å². The van der Waals surface area contributed by atoms with E-state index in [1.54, 1.807) is 0 Å². The number of hydrogen-bond donors (Lipinski definition) is 1. The highest BCUT2D eigenvalue weighted by molar-refractivity contribution is 9.10. The molecular weight excluding hydrogens is 338 g/mol. The van der Waals surface area contributed by atoms with Crippen LogP contribution in [0.1, 0.15) is 24.5 Å². The van der Waals surface area contributed by atoms with E-state index in [9.17, 15) is 14.7 Å². The molecule has 114 valence electrons. The Bertz CT molecular complexity index is 546. The quantitative estimate of drug-likeness (QED) is 0.822. The Labute approximate surface area is 132 Å². The van der Waals surface area contributed by atoms with Gasteiger partial charge in [-0.2, -0.15) is 0 Å². The van der Waals surface area contributed by atoms with E-state index in [1.807, 2.05) is 25.1 Å². The molecule has 1 amide bonds. The normalized spacial score (nSPS) is 17.4. The summed E-state index contributed by atoms with van der Waals surface area (Å²) in [7, 11) is 0. The highest BCUT2D eigenvalue weighted by Gasteiger charge is 2.35. The maximum atomic E-state index is 12.2. The minimum Gasteiger partial charge on any atom is -0.480 e. The number of halogens is 1. The van der Waals surface area contributed by atoms with Crippen LogP contribution in [0.5, 0.6) is 0 Å². The first kappa shape index (κ1) is 16.0. The van der Waals surface area contributed by atoms with E-state index in [1.165, 1.54) is 4.90 Å². The molecule has 0 fully saturated rings. The van der Waals surface area contributed by atoms with Crippen LogP contribution in [0.2, 0.25) is 0 Å². The fourth-order valence-corrected chi connectivity index (χ4v) is 3.02. The molecular formula is C15H18BrNO4. The second-order valence-corrected chi connectivity index (χ2v) is 5.86. The zero-order valence-corrected chi connectivity index (χ0v) is 13.4. The number of carboxylic acids is 1. The lowest BCUT2D eigenvalue weighted by atomic mass is 9.94. The fraction of sp³-hybridized carbons (Fsp3) is 0.467. The summed E-state index contributed by atoms with van der Waals surface area (Å²) in [6.07, 6.45) is 1.14. The van der Waals surface area contributed by atoms with Crippen LogP contribution in [0.4, 0.5) is 0 Å². The Morgan fingerprint density at radius 3 is 2.90 bits per heavy atom. The number of ether oxygens (including phenoxy) is 1. The highest BCUT2D eigenvalue weighted by Crippen LogP contribution is 2.29. The number of hydrogen-bond acceptors (Lipinski definition) is 3. The zero-order valence-electron chi connectivity index (χ0n) is 11.8. The third kappa shape index (κ3) is 3.63. The Morgan fingerprint density at radius 1 is 1.48 bits per heavy atom. The summed E-state index contributed by atoms with van der Waals surface area (Å²) in [5.41, 5.74) is 1.94. The van der Waals surface area contributed by atoms with Gasteiger partial charge in [-0.1, -0.05) is 35.0 Å². The molecule has 0 spiro atoms. The van der Waals surface area contributed by atoms with E-state index < -0.39 is 12.0 Å². The molecule has 1 atom stereocenters. The third-order valence-electron chi connectivity index (χ3n) is 3.51. The van der Waals surface area contributed by atoms with E-state index in [-0.39, 0.29) is 12.5 Å². The van der Waals surface area contributed by atoms with Gasteiger partial charge in [0.2, 0.25) is 5.91 Å². The Kier molecular flexibility index (Phi) is 5.36. The summed E-state index contributed by atoms with van der Waals surface area (Å²) in [6, 6.07) is 4.86. The van der Waals surface area contributed by atoms with Crippen molar-refractivity contribution in [2.24, 2.45) is 0 Å². The Balaban J connectivity index is 2.20. The summed E-state index contributed by atoms with van der Waals surface area (Å²) in [5.74, 6) is -1.26. The molecule has 5 nitrogen and oxygen atoms in total. The molecule has 0 bridgehead atoms. The molecule has 0 saturated heterocycles. The molecule has 0 radical (unpaired) electrons. The van der Waals surface area contributed by atoms with Gasteiger partial charge in [-0.15, -0.1) is 0 Å². The molecule has 1 aromatic carbocycles. The van der Waals surface area contributed by atoms with Gasteiger partial charge < -0.3 is 14.7 Å². The van der Waals surface area contributed by atoms with Gasteiger partial charge in [0.05, 0.1) is 0 Å². The summed E-state index contributed by atoms with van der Waals surface area (Å²) in [5, 5.41) is 9.40. The molecule has 6 heteroatoms. The molecule has 1 N–H and O–H groups in total. The molecule has 1 aliphatic heterocycles. The average Bonchev–Trinajstić information content (AvgIpc) is 2.46. The predicted octanol–water partition coefficient (Wildman–Crippen LogP) is 2.21. The van der Waals surface area contributed by atoms with Crippen molar-refractivity contribution in [3.63, 3.8) is 0 Å². The van der Waals surface area contributed by atoms with E-state index >= 15 is 0 Å². The van der Waals surface area contributed by atoms with Crippen LogP contribution in [0.15, 0.2) is 22.7 Å². The molecule has 1 aromatic rings. The Hall–Kier alpha value is -1.40. The van der Waals surface area contributed by atoms with Crippen LogP contribution >= 0.6 is 15.9 Å². The summed E-state index contributed by atoms with van der Waals surface area (Å²) < 4.78 is 6.13. The number of aliphatic carboxylic acids is 1. The number of carboxylic acid groups (broad SMARTS) is 1.